The van der Waals surface area contributed by atoms with Gasteiger partial charge in [0.25, 0.3) is 0 Å². The van der Waals surface area contributed by atoms with E-state index >= 15 is 0 Å². The molecule has 26 heavy (non-hydrogen) atoms. The standard InChI is InChI=1S/C20H13F3INO/c21-20(22,23)15-10-11-19(26-16-6-2-1-3-7-16)14(12-15)13-25-18-9-5-4-8-17(18)24/h1-13H. The molecule has 132 valence electrons. The van der Waals surface area contributed by atoms with Crippen molar-refractivity contribution >= 4 is 34.5 Å². The molecular formula is C20H13F3INO. The summed E-state index contributed by atoms with van der Waals surface area (Å²) in [5.41, 5.74) is 0.182. The highest BCUT2D eigenvalue weighted by Crippen LogP contribution is 2.34. The van der Waals surface area contributed by atoms with Crippen molar-refractivity contribution in [2.45, 2.75) is 6.18 Å². The number of nitrogens with zero attached hydrogens (tertiary/aromatic N) is 1. The average molecular weight is 467 g/mol. The first-order valence-corrected chi connectivity index (χ1v) is 8.74. The maximum atomic E-state index is 13.1. The van der Waals surface area contributed by atoms with Crippen LogP contribution in [0.5, 0.6) is 11.5 Å². The van der Waals surface area contributed by atoms with Crippen molar-refractivity contribution in [1.29, 1.82) is 0 Å². The Labute approximate surface area is 162 Å². The van der Waals surface area contributed by atoms with E-state index in [2.05, 4.69) is 27.6 Å². The second kappa shape index (κ2) is 7.90. The molecule has 0 unspecified atom stereocenters. The maximum Gasteiger partial charge on any atom is 0.416 e. The van der Waals surface area contributed by atoms with E-state index in [0.29, 0.717) is 17.2 Å². The lowest BCUT2D eigenvalue weighted by Gasteiger charge is -2.12. The van der Waals surface area contributed by atoms with Crippen molar-refractivity contribution in [3.8, 4) is 11.5 Å². The third kappa shape index (κ3) is 4.63. The Kier molecular flexibility index (Phi) is 5.61. The van der Waals surface area contributed by atoms with Gasteiger partial charge >= 0.3 is 6.18 Å². The van der Waals surface area contributed by atoms with E-state index in [1.165, 1.54) is 12.3 Å². The molecule has 0 aliphatic carbocycles. The molecule has 3 rings (SSSR count). The Morgan fingerprint density at radius 2 is 1.58 bits per heavy atom. The topological polar surface area (TPSA) is 21.6 Å². The number of para-hydroxylation sites is 2. The first-order valence-electron chi connectivity index (χ1n) is 7.66. The average Bonchev–Trinajstić information content (AvgIpc) is 2.62. The van der Waals surface area contributed by atoms with Crippen molar-refractivity contribution in [2.75, 3.05) is 0 Å². The van der Waals surface area contributed by atoms with Crippen LogP contribution in [0.3, 0.4) is 0 Å². The predicted molar refractivity (Wildman–Crippen MR) is 104 cm³/mol. The van der Waals surface area contributed by atoms with Gasteiger partial charge in [-0.25, -0.2) is 0 Å². The van der Waals surface area contributed by atoms with Crippen LogP contribution in [-0.2, 0) is 6.18 Å². The highest BCUT2D eigenvalue weighted by atomic mass is 127. The fraction of sp³-hybridized carbons (Fsp3) is 0.0500. The number of benzene rings is 3. The molecule has 3 aromatic rings. The monoisotopic (exact) mass is 467 g/mol. The van der Waals surface area contributed by atoms with Crippen molar-refractivity contribution in [3.05, 3.63) is 87.5 Å². The molecule has 0 aromatic heterocycles. The van der Waals surface area contributed by atoms with Gasteiger partial charge in [0.2, 0.25) is 0 Å². The van der Waals surface area contributed by atoms with Crippen LogP contribution in [0, 0.1) is 3.57 Å². The van der Waals surface area contributed by atoms with E-state index in [-0.39, 0.29) is 5.56 Å². The Morgan fingerprint density at radius 3 is 2.27 bits per heavy atom. The lowest BCUT2D eigenvalue weighted by molar-refractivity contribution is -0.137. The summed E-state index contributed by atoms with van der Waals surface area (Å²) in [7, 11) is 0. The first-order chi connectivity index (χ1) is 12.4. The molecule has 0 radical (unpaired) electrons. The summed E-state index contributed by atoms with van der Waals surface area (Å²) in [5.74, 6) is 0.843. The van der Waals surface area contributed by atoms with Gasteiger partial charge in [0.05, 0.1) is 11.3 Å². The fourth-order valence-electron chi connectivity index (χ4n) is 2.23. The molecule has 0 heterocycles. The summed E-state index contributed by atoms with van der Waals surface area (Å²) >= 11 is 2.12. The highest BCUT2D eigenvalue weighted by Gasteiger charge is 2.31. The number of halogens is 4. The molecule has 0 N–H and O–H groups in total. The van der Waals surface area contributed by atoms with Crippen LogP contribution >= 0.6 is 22.6 Å². The van der Waals surface area contributed by atoms with Crippen LogP contribution in [0.15, 0.2) is 77.8 Å². The molecule has 0 saturated carbocycles. The summed E-state index contributed by atoms with van der Waals surface area (Å²) in [4.78, 5) is 4.32. The van der Waals surface area contributed by atoms with Gasteiger partial charge in [-0.15, -0.1) is 0 Å². The quantitative estimate of drug-likeness (QED) is 0.304. The van der Waals surface area contributed by atoms with Crippen LogP contribution < -0.4 is 4.74 Å². The van der Waals surface area contributed by atoms with Gasteiger partial charge in [-0.3, -0.25) is 4.99 Å². The molecule has 0 fully saturated rings. The number of hydrogen-bond acceptors (Lipinski definition) is 2. The number of alkyl halides is 3. The Bertz CT molecular complexity index is 924. The van der Waals surface area contributed by atoms with Crippen molar-refractivity contribution in [2.24, 2.45) is 4.99 Å². The third-order valence-corrected chi connectivity index (χ3v) is 4.42. The Balaban J connectivity index is 2.00. The molecular weight excluding hydrogens is 454 g/mol. The number of aliphatic imine (C=N–C) groups is 1. The van der Waals surface area contributed by atoms with Gasteiger partial charge in [0.1, 0.15) is 11.5 Å². The summed E-state index contributed by atoms with van der Waals surface area (Å²) < 4.78 is 45.8. The minimum Gasteiger partial charge on any atom is -0.457 e. The minimum absolute atomic E-state index is 0.253. The van der Waals surface area contributed by atoms with Crippen molar-refractivity contribution < 1.29 is 17.9 Å². The van der Waals surface area contributed by atoms with Crippen LogP contribution in [0.2, 0.25) is 0 Å². The van der Waals surface area contributed by atoms with Gasteiger partial charge in [-0.2, -0.15) is 13.2 Å². The zero-order valence-corrected chi connectivity index (χ0v) is 15.5. The van der Waals surface area contributed by atoms with Gasteiger partial charge < -0.3 is 4.74 Å². The van der Waals surface area contributed by atoms with E-state index in [4.69, 9.17) is 4.74 Å². The van der Waals surface area contributed by atoms with Gasteiger partial charge in [0, 0.05) is 15.3 Å². The first kappa shape index (κ1) is 18.4. The zero-order valence-electron chi connectivity index (χ0n) is 13.4. The highest BCUT2D eigenvalue weighted by molar-refractivity contribution is 14.1. The summed E-state index contributed by atoms with van der Waals surface area (Å²) in [6.45, 7) is 0. The molecule has 0 aliphatic heterocycles. The van der Waals surface area contributed by atoms with Crippen molar-refractivity contribution in [1.82, 2.24) is 0 Å². The second-order valence-corrected chi connectivity index (χ2v) is 6.54. The van der Waals surface area contributed by atoms with E-state index < -0.39 is 11.7 Å². The van der Waals surface area contributed by atoms with Crippen LogP contribution in [0.4, 0.5) is 18.9 Å². The van der Waals surface area contributed by atoms with Crippen LogP contribution in [0.25, 0.3) is 0 Å². The molecule has 0 bridgehead atoms. The lowest BCUT2D eigenvalue weighted by atomic mass is 10.1. The van der Waals surface area contributed by atoms with Crippen molar-refractivity contribution in [3.63, 3.8) is 0 Å². The third-order valence-electron chi connectivity index (χ3n) is 3.50. The molecule has 3 aromatic carbocycles. The van der Waals surface area contributed by atoms with E-state index in [0.717, 1.165) is 15.7 Å². The predicted octanol–water partition coefficient (Wildman–Crippen LogP) is 6.85. The maximum absolute atomic E-state index is 13.1. The number of hydrogen-bond donors (Lipinski definition) is 0. The SMILES string of the molecule is FC(F)(F)c1ccc(Oc2ccccc2)c(C=Nc2ccccc2I)c1. The van der Waals surface area contributed by atoms with E-state index in [9.17, 15) is 13.2 Å². The van der Waals surface area contributed by atoms with E-state index in [1.807, 2.05) is 24.3 Å². The molecule has 2 nitrogen and oxygen atoms in total. The molecule has 0 amide bonds. The molecule has 0 saturated heterocycles. The van der Waals surface area contributed by atoms with Crippen LogP contribution in [-0.4, -0.2) is 6.21 Å². The molecule has 0 spiro atoms. The smallest absolute Gasteiger partial charge is 0.416 e. The zero-order chi connectivity index (χ0) is 18.6. The van der Waals surface area contributed by atoms with Gasteiger partial charge in [0.15, 0.2) is 0 Å². The largest absolute Gasteiger partial charge is 0.457 e. The van der Waals surface area contributed by atoms with Gasteiger partial charge in [-0.05, 0) is 65.1 Å². The Hall–Kier alpha value is -2.35. The fourth-order valence-corrected chi connectivity index (χ4v) is 2.76. The lowest BCUT2D eigenvalue weighted by Crippen LogP contribution is -2.06. The minimum atomic E-state index is -4.44. The summed E-state index contributed by atoms with van der Waals surface area (Å²) in [6, 6.07) is 19.6. The van der Waals surface area contributed by atoms with Crippen LogP contribution in [0.1, 0.15) is 11.1 Å². The van der Waals surface area contributed by atoms with Gasteiger partial charge in [-0.1, -0.05) is 30.3 Å². The summed E-state index contributed by atoms with van der Waals surface area (Å²) in [6.07, 6.45) is -3.04. The van der Waals surface area contributed by atoms with E-state index in [1.54, 1.807) is 30.3 Å². The summed E-state index contributed by atoms with van der Waals surface area (Å²) in [5, 5.41) is 0. The Morgan fingerprint density at radius 1 is 0.885 bits per heavy atom. The normalized spacial score (nSPS) is 11.7. The number of ether oxygens (including phenoxy) is 1. The molecule has 0 atom stereocenters. The molecule has 6 heteroatoms. The second-order valence-electron chi connectivity index (χ2n) is 5.38. The number of rotatable bonds is 4. The molecule has 0 aliphatic rings.